The van der Waals surface area contributed by atoms with Crippen molar-refractivity contribution in [1.29, 1.82) is 0 Å². The number of H-pyrrole nitrogens is 1. The van der Waals surface area contributed by atoms with Gasteiger partial charge in [0.15, 0.2) is 5.16 Å². The number of aromatic amines is 1. The van der Waals surface area contributed by atoms with Gasteiger partial charge in [0, 0.05) is 18.1 Å². The van der Waals surface area contributed by atoms with Crippen molar-refractivity contribution in [1.82, 2.24) is 15.0 Å². The standard InChI is InChI=1S/C16H16N4OS/c1-2-14(15(21)18-11-7-9-17-10-8-11)22-16-19-12-5-3-4-6-13(12)20-16/h3-10,14H,2H2,1H3,(H,19,20)(H,17,18,21). The highest BCUT2D eigenvalue weighted by Crippen LogP contribution is 2.26. The van der Waals surface area contributed by atoms with E-state index in [4.69, 9.17) is 0 Å². The van der Waals surface area contributed by atoms with Crippen LogP contribution in [0, 0.1) is 0 Å². The minimum atomic E-state index is -0.200. The average Bonchev–Trinajstić information content (AvgIpc) is 2.96. The summed E-state index contributed by atoms with van der Waals surface area (Å²) in [4.78, 5) is 24.1. The Morgan fingerprint density at radius 2 is 2.05 bits per heavy atom. The SMILES string of the molecule is CCC(Sc1nc2ccccc2[nH]1)C(=O)Nc1ccncc1. The molecule has 3 aromatic rings. The van der Waals surface area contributed by atoms with E-state index in [0.717, 1.165) is 28.3 Å². The van der Waals surface area contributed by atoms with Gasteiger partial charge in [0.2, 0.25) is 5.91 Å². The molecule has 0 bridgehead atoms. The maximum atomic E-state index is 12.4. The van der Waals surface area contributed by atoms with Crippen LogP contribution in [0.2, 0.25) is 0 Å². The number of benzene rings is 1. The third-order valence-electron chi connectivity index (χ3n) is 3.23. The van der Waals surface area contributed by atoms with Gasteiger partial charge < -0.3 is 10.3 Å². The van der Waals surface area contributed by atoms with E-state index in [0.29, 0.717) is 0 Å². The fraction of sp³-hybridized carbons (Fsp3) is 0.188. The zero-order valence-electron chi connectivity index (χ0n) is 12.1. The normalized spacial score (nSPS) is 12.2. The van der Waals surface area contributed by atoms with Crippen molar-refractivity contribution >= 4 is 34.4 Å². The number of hydrogen-bond acceptors (Lipinski definition) is 4. The highest BCUT2D eigenvalue weighted by molar-refractivity contribution is 8.00. The average molecular weight is 312 g/mol. The van der Waals surface area contributed by atoms with Crippen LogP contribution in [0.5, 0.6) is 0 Å². The Hall–Kier alpha value is -2.34. The molecule has 2 N–H and O–H groups in total. The fourth-order valence-corrected chi connectivity index (χ4v) is 3.02. The van der Waals surface area contributed by atoms with Crippen LogP contribution in [0.15, 0.2) is 53.9 Å². The lowest BCUT2D eigenvalue weighted by Crippen LogP contribution is -2.24. The third-order valence-corrected chi connectivity index (χ3v) is 4.48. The first kappa shape index (κ1) is 14.6. The number of amides is 1. The number of pyridine rings is 1. The lowest BCUT2D eigenvalue weighted by molar-refractivity contribution is -0.115. The van der Waals surface area contributed by atoms with Crippen molar-refractivity contribution in [2.75, 3.05) is 5.32 Å². The molecule has 1 unspecified atom stereocenters. The lowest BCUT2D eigenvalue weighted by Gasteiger charge is -2.13. The lowest BCUT2D eigenvalue weighted by atomic mass is 10.3. The first-order valence-corrected chi connectivity index (χ1v) is 7.96. The van der Waals surface area contributed by atoms with Gasteiger partial charge in [0.1, 0.15) is 0 Å². The van der Waals surface area contributed by atoms with Crippen LogP contribution in [0.3, 0.4) is 0 Å². The second-order valence-corrected chi connectivity index (χ2v) is 5.99. The van der Waals surface area contributed by atoms with E-state index in [1.54, 1.807) is 24.5 Å². The molecule has 22 heavy (non-hydrogen) atoms. The van der Waals surface area contributed by atoms with Crippen LogP contribution in [0.1, 0.15) is 13.3 Å². The summed E-state index contributed by atoms with van der Waals surface area (Å²) >= 11 is 1.45. The zero-order valence-corrected chi connectivity index (χ0v) is 12.9. The summed E-state index contributed by atoms with van der Waals surface area (Å²) in [5.74, 6) is -0.0286. The summed E-state index contributed by atoms with van der Waals surface area (Å²) in [7, 11) is 0. The predicted molar refractivity (Wildman–Crippen MR) is 88.9 cm³/mol. The van der Waals surface area contributed by atoms with Crippen molar-refractivity contribution in [3.05, 3.63) is 48.8 Å². The molecule has 0 saturated heterocycles. The van der Waals surface area contributed by atoms with E-state index < -0.39 is 0 Å². The first-order valence-electron chi connectivity index (χ1n) is 7.08. The minimum Gasteiger partial charge on any atom is -0.333 e. The number of nitrogens with one attached hydrogen (secondary N) is 2. The highest BCUT2D eigenvalue weighted by Gasteiger charge is 2.19. The Labute approximate surface area is 132 Å². The van der Waals surface area contributed by atoms with Gasteiger partial charge >= 0.3 is 0 Å². The second kappa shape index (κ2) is 6.62. The number of hydrogen-bond donors (Lipinski definition) is 2. The van der Waals surface area contributed by atoms with Crippen LogP contribution in [0.4, 0.5) is 5.69 Å². The molecular formula is C16H16N4OS. The van der Waals surface area contributed by atoms with Crippen LogP contribution >= 0.6 is 11.8 Å². The number of aromatic nitrogens is 3. The molecule has 6 heteroatoms. The molecule has 0 aliphatic rings. The number of nitrogens with zero attached hydrogens (tertiary/aromatic N) is 2. The Kier molecular flexibility index (Phi) is 4.39. The summed E-state index contributed by atoms with van der Waals surface area (Å²) in [6, 6.07) is 11.4. The second-order valence-electron chi connectivity index (χ2n) is 4.80. The van der Waals surface area contributed by atoms with Gasteiger partial charge in [0.05, 0.1) is 16.3 Å². The van der Waals surface area contributed by atoms with E-state index in [-0.39, 0.29) is 11.2 Å². The molecule has 0 saturated carbocycles. The Morgan fingerprint density at radius 1 is 1.27 bits per heavy atom. The van der Waals surface area contributed by atoms with E-state index in [2.05, 4.69) is 20.3 Å². The molecule has 2 heterocycles. The van der Waals surface area contributed by atoms with E-state index in [1.807, 2.05) is 31.2 Å². The van der Waals surface area contributed by atoms with Gasteiger partial charge in [-0.25, -0.2) is 4.98 Å². The van der Waals surface area contributed by atoms with Crippen LogP contribution in [0.25, 0.3) is 11.0 Å². The Morgan fingerprint density at radius 3 is 2.77 bits per heavy atom. The summed E-state index contributed by atoms with van der Waals surface area (Å²) < 4.78 is 0. The minimum absolute atomic E-state index is 0.0286. The predicted octanol–water partition coefficient (Wildman–Crippen LogP) is 3.47. The molecule has 0 fully saturated rings. The number of para-hydroxylation sites is 2. The molecule has 5 nitrogen and oxygen atoms in total. The van der Waals surface area contributed by atoms with Crippen molar-refractivity contribution in [3.8, 4) is 0 Å². The van der Waals surface area contributed by atoms with Crippen molar-refractivity contribution in [3.63, 3.8) is 0 Å². The molecule has 1 aromatic carbocycles. The van der Waals surface area contributed by atoms with Gasteiger partial charge in [-0.1, -0.05) is 30.8 Å². The number of carbonyl (C=O) groups is 1. The molecule has 2 aromatic heterocycles. The molecule has 0 spiro atoms. The Balaban J connectivity index is 1.72. The van der Waals surface area contributed by atoms with E-state index in [1.165, 1.54) is 11.8 Å². The molecule has 3 rings (SSSR count). The Bertz CT molecular complexity index is 739. The number of carbonyl (C=O) groups excluding carboxylic acids is 1. The summed E-state index contributed by atoms with van der Waals surface area (Å²) in [5.41, 5.74) is 2.65. The molecule has 1 amide bonds. The topological polar surface area (TPSA) is 70.7 Å². The maximum Gasteiger partial charge on any atom is 0.237 e. The highest BCUT2D eigenvalue weighted by atomic mass is 32.2. The van der Waals surface area contributed by atoms with Gasteiger partial charge in [-0.15, -0.1) is 0 Å². The fourth-order valence-electron chi connectivity index (χ4n) is 2.10. The number of imidazole rings is 1. The van der Waals surface area contributed by atoms with Gasteiger partial charge in [-0.05, 0) is 30.7 Å². The molecule has 112 valence electrons. The smallest absolute Gasteiger partial charge is 0.237 e. The van der Waals surface area contributed by atoms with Crippen LogP contribution in [-0.2, 0) is 4.79 Å². The summed E-state index contributed by atoms with van der Waals surface area (Å²) in [6.07, 6.45) is 4.03. The van der Waals surface area contributed by atoms with Crippen molar-refractivity contribution in [2.45, 2.75) is 23.8 Å². The summed E-state index contributed by atoms with van der Waals surface area (Å²) in [5, 5.41) is 3.47. The van der Waals surface area contributed by atoms with Gasteiger partial charge in [0.25, 0.3) is 0 Å². The molecule has 0 aliphatic heterocycles. The first-order chi connectivity index (χ1) is 10.8. The van der Waals surface area contributed by atoms with Crippen LogP contribution in [-0.4, -0.2) is 26.1 Å². The summed E-state index contributed by atoms with van der Waals surface area (Å²) in [6.45, 7) is 1.99. The zero-order chi connectivity index (χ0) is 15.4. The molecule has 0 radical (unpaired) electrons. The van der Waals surface area contributed by atoms with E-state index >= 15 is 0 Å². The van der Waals surface area contributed by atoms with Gasteiger partial charge in [-0.2, -0.15) is 0 Å². The number of rotatable bonds is 5. The van der Waals surface area contributed by atoms with Gasteiger partial charge in [-0.3, -0.25) is 9.78 Å². The number of thioether (sulfide) groups is 1. The molecule has 0 aliphatic carbocycles. The third kappa shape index (κ3) is 3.28. The van der Waals surface area contributed by atoms with Crippen molar-refractivity contribution in [2.24, 2.45) is 0 Å². The largest absolute Gasteiger partial charge is 0.333 e. The molecule has 1 atom stereocenters. The maximum absolute atomic E-state index is 12.4. The quantitative estimate of drug-likeness (QED) is 0.708. The van der Waals surface area contributed by atoms with Crippen LogP contribution < -0.4 is 5.32 Å². The van der Waals surface area contributed by atoms with E-state index in [9.17, 15) is 4.79 Å². The number of anilines is 1. The molecular weight excluding hydrogens is 296 g/mol. The monoisotopic (exact) mass is 312 g/mol. The van der Waals surface area contributed by atoms with Crippen molar-refractivity contribution < 1.29 is 4.79 Å². The number of fused-ring (bicyclic) bond motifs is 1.